The van der Waals surface area contributed by atoms with Gasteiger partial charge in [0.05, 0.1) is 24.8 Å². The fourth-order valence-corrected chi connectivity index (χ4v) is 0.557. The van der Waals surface area contributed by atoms with Crippen LogP contribution in [0.25, 0.3) is 0 Å². The Morgan fingerprint density at radius 2 is 1.12 bits per heavy atom. The van der Waals surface area contributed by atoms with Crippen molar-refractivity contribution in [2.45, 2.75) is 13.8 Å². The average Bonchev–Trinajstić information content (AvgIpc) is 2.11. The largest absolute Gasteiger partial charge is 0.387 e. The molecule has 6 N–H and O–H groups in total. The summed E-state index contributed by atoms with van der Waals surface area (Å²) in [5, 5.41) is 22.0. The molecule has 9 heteroatoms. The summed E-state index contributed by atoms with van der Waals surface area (Å²) in [5.74, 6) is 0.0740. The summed E-state index contributed by atoms with van der Waals surface area (Å²) in [6.07, 6.45) is 0. The Kier molecular flexibility index (Phi) is 20.1. The number of nitrogens with one attached hydrogen (secondary N) is 2. The van der Waals surface area contributed by atoms with E-state index in [-0.39, 0.29) is 60.7 Å². The van der Waals surface area contributed by atoms with Crippen LogP contribution in [0.4, 0.5) is 0 Å². The summed E-state index contributed by atoms with van der Waals surface area (Å²) in [6, 6.07) is 0. The highest BCUT2D eigenvalue weighted by Crippen LogP contribution is 1.97. The van der Waals surface area contributed by atoms with Crippen molar-refractivity contribution in [1.29, 1.82) is 10.8 Å². The zero-order valence-electron chi connectivity index (χ0n) is 9.84. The Bertz CT molecular complexity index is 221. The molecule has 0 amide bonds. The molecule has 0 aromatic rings. The third-order valence-corrected chi connectivity index (χ3v) is 1.87. The second kappa shape index (κ2) is 13.5. The predicted octanol–water partition coefficient (Wildman–Crippen LogP) is 1.85. The van der Waals surface area contributed by atoms with Crippen LogP contribution in [0.2, 0.25) is 0 Å². The molecular weight excluding hydrogens is 286 g/mol. The molecule has 0 aromatic carbocycles. The molecule has 0 heterocycles. The molecule has 0 saturated carbocycles. The van der Waals surface area contributed by atoms with E-state index in [0.29, 0.717) is 13.1 Å². The van der Waals surface area contributed by atoms with Gasteiger partial charge in [-0.2, -0.15) is 10.2 Å². The molecular formula is C8H21Cl3N6. The lowest BCUT2D eigenvalue weighted by Gasteiger charge is -2.05. The zero-order chi connectivity index (χ0) is 11.1. The monoisotopic (exact) mass is 306 g/mol. The Labute approximate surface area is 120 Å². The lowest BCUT2D eigenvalue weighted by molar-refractivity contribution is 0.680. The third kappa shape index (κ3) is 13.3. The third-order valence-electron chi connectivity index (χ3n) is 1.87. The topological polar surface area (TPSA) is 124 Å². The van der Waals surface area contributed by atoms with E-state index in [1.807, 2.05) is 13.8 Å². The molecule has 0 radical (unpaired) electrons. The Morgan fingerprint density at radius 3 is 1.29 bits per heavy atom. The van der Waals surface area contributed by atoms with Crippen LogP contribution < -0.4 is 11.5 Å². The summed E-state index contributed by atoms with van der Waals surface area (Å²) < 4.78 is 0. The first-order valence-electron chi connectivity index (χ1n) is 4.46. The van der Waals surface area contributed by atoms with E-state index < -0.39 is 0 Å². The summed E-state index contributed by atoms with van der Waals surface area (Å²) in [7, 11) is 0. The van der Waals surface area contributed by atoms with Gasteiger partial charge in [-0.1, -0.05) is 13.8 Å². The van der Waals surface area contributed by atoms with E-state index in [0.717, 1.165) is 0 Å². The van der Waals surface area contributed by atoms with Crippen molar-refractivity contribution >= 4 is 48.9 Å². The maximum absolute atomic E-state index is 7.11. The minimum atomic E-state index is -0.0774. The summed E-state index contributed by atoms with van der Waals surface area (Å²) in [6.45, 7) is 4.46. The van der Waals surface area contributed by atoms with Gasteiger partial charge in [-0.15, -0.1) is 37.2 Å². The fourth-order valence-electron chi connectivity index (χ4n) is 0.557. The number of hydrogen-bond acceptors (Lipinski definition) is 4. The van der Waals surface area contributed by atoms with Crippen LogP contribution in [-0.2, 0) is 0 Å². The van der Waals surface area contributed by atoms with Crippen molar-refractivity contribution in [3.05, 3.63) is 0 Å². The van der Waals surface area contributed by atoms with Crippen molar-refractivity contribution in [3.63, 3.8) is 0 Å². The molecule has 104 valence electrons. The van der Waals surface area contributed by atoms with Crippen LogP contribution in [0, 0.1) is 22.7 Å². The highest BCUT2D eigenvalue weighted by Gasteiger charge is 2.05. The highest BCUT2D eigenvalue weighted by molar-refractivity contribution is 5.86. The normalized spacial score (nSPS) is 12.6. The Balaban J connectivity index is -0.000000282. The molecule has 6 nitrogen and oxygen atoms in total. The maximum Gasteiger partial charge on any atom is 0.0953 e. The number of azo groups is 1. The van der Waals surface area contributed by atoms with Gasteiger partial charge in [-0.25, -0.2) is 0 Å². The summed E-state index contributed by atoms with van der Waals surface area (Å²) >= 11 is 0. The van der Waals surface area contributed by atoms with Crippen LogP contribution in [0.1, 0.15) is 13.8 Å². The molecule has 0 aliphatic carbocycles. The molecule has 0 saturated heterocycles. The van der Waals surface area contributed by atoms with E-state index in [1.54, 1.807) is 0 Å². The van der Waals surface area contributed by atoms with E-state index in [1.165, 1.54) is 0 Å². The zero-order valence-corrected chi connectivity index (χ0v) is 12.3. The van der Waals surface area contributed by atoms with E-state index in [4.69, 9.17) is 22.3 Å². The van der Waals surface area contributed by atoms with Gasteiger partial charge >= 0.3 is 0 Å². The standard InChI is InChI=1S/C8H18N6.3ClH/c1-5(7(9)10)3-13-14-4-6(2)8(11)12;;;/h5-6H,3-4H2,1-2H3,(H3,9,10)(H3,11,12);3*1H. The van der Waals surface area contributed by atoms with Gasteiger partial charge in [-0.05, 0) is 0 Å². The first-order chi connectivity index (χ1) is 6.45. The van der Waals surface area contributed by atoms with Crippen LogP contribution in [0.15, 0.2) is 10.2 Å². The molecule has 0 aliphatic heterocycles. The van der Waals surface area contributed by atoms with Crippen molar-refractivity contribution in [2.24, 2.45) is 33.5 Å². The maximum atomic E-state index is 7.11. The summed E-state index contributed by atoms with van der Waals surface area (Å²) in [4.78, 5) is 0. The minimum Gasteiger partial charge on any atom is -0.387 e. The van der Waals surface area contributed by atoms with Crippen LogP contribution in [0.3, 0.4) is 0 Å². The van der Waals surface area contributed by atoms with Crippen molar-refractivity contribution in [2.75, 3.05) is 13.1 Å². The van der Waals surface area contributed by atoms with Crippen LogP contribution in [0.5, 0.6) is 0 Å². The van der Waals surface area contributed by atoms with Crippen molar-refractivity contribution in [3.8, 4) is 0 Å². The number of hydrogen-bond donors (Lipinski definition) is 4. The summed E-state index contributed by atoms with van der Waals surface area (Å²) in [5.41, 5.74) is 10.5. The first-order valence-corrected chi connectivity index (χ1v) is 4.46. The van der Waals surface area contributed by atoms with Crippen molar-refractivity contribution in [1.82, 2.24) is 0 Å². The van der Waals surface area contributed by atoms with Gasteiger partial charge in [0.2, 0.25) is 0 Å². The van der Waals surface area contributed by atoms with Gasteiger partial charge in [0, 0.05) is 11.8 Å². The van der Waals surface area contributed by atoms with Crippen molar-refractivity contribution < 1.29 is 0 Å². The number of nitrogens with two attached hydrogens (primary N) is 2. The molecule has 0 bridgehead atoms. The van der Waals surface area contributed by atoms with Crippen LogP contribution >= 0.6 is 37.2 Å². The van der Waals surface area contributed by atoms with Gasteiger partial charge in [0.25, 0.3) is 0 Å². The highest BCUT2D eigenvalue weighted by atomic mass is 35.5. The predicted molar refractivity (Wildman–Crippen MR) is 78.5 cm³/mol. The average molecular weight is 308 g/mol. The van der Waals surface area contributed by atoms with Gasteiger partial charge in [-0.3, -0.25) is 10.8 Å². The molecule has 2 unspecified atom stereocenters. The minimum absolute atomic E-state index is 0. The number of amidine groups is 2. The van der Waals surface area contributed by atoms with Gasteiger partial charge < -0.3 is 11.5 Å². The van der Waals surface area contributed by atoms with E-state index in [9.17, 15) is 0 Å². The van der Waals surface area contributed by atoms with E-state index >= 15 is 0 Å². The van der Waals surface area contributed by atoms with Gasteiger partial charge in [0.15, 0.2) is 0 Å². The molecule has 0 spiro atoms. The molecule has 2 atom stereocenters. The molecule has 0 aliphatic rings. The quantitative estimate of drug-likeness (QED) is 0.340. The van der Waals surface area contributed by atoms with E-state index in [2.05, 4.69) is 10.2 Å². The number of rotatable bonds is 6. The lowest BCUT2D eigenvalue weighted by Crippen LogP contribution is -2.23. The molecule has 0 aromatic heterocycles. The lowest BCUT2D eigenvalue weighted by atomic mass is 10.1. The Morgan fingerprint density at radius 1 is 0.882 bits per heavy atom. The van der Waals surface area contributed by atoms with Crippen LogP contribution in [-0.4, -0.2) is 24.8 Å². The molecule has 0 fully saturated rings. The number of nitrogens with zero attached hydrogens (tertiary/aromatic N) is 2. The molecule has 0 rings (SSSR count). The fraction of sp³-hybridized carbons (Fsp3) is 0.750. The SMILES string of the molecule is CC(CN=NCC(C)C(=N)N)C(=N)N.Cl.Cl.Cl. The Hall–Kier alpha value is -0.590. The second-order valence-corrected chi connectivity index (χ2v) is 3.36. The molecule has 17 heavy (non-hydrogen) atoms. The number of halogens is 3. The first kappa shape index (κ1) is 25.3. The smallest absolute Gasteiger partial charge is 0.0953 e. The van der Waals surface area contributed by atoms with Gasteiger partial charge in [0.1, 0.15) is 0 Å². The second-order valence-electron chi connectivity index (χ2n) is 3.36.